The first-order chi connectivity index (χ1) is 17.2. The molecule has 4 aromatic rings. The third-order valence-electron chi connectivity index (χ3n) is 5.53. The second kappa shape index (κ2) is 10.3. The van der Waals surface area contributed by atoms with E-state index in [1.165, 1.54) is 19.9 Å². The Balaban J connectivity index is 1.56. The van der Waals surface area contributed by atoms with Crippen LogP contribution in [-0.4, -0.2) is 23.9 Å². The quantitative estimate of drug-likeness (QED) is 0.376. The van der Waals surface area contributed by atoms with Crippen molar-refractivity contribution in [2.45, 2.75) is 26.9 Å². The van der Waals surface area contributed by atoms with Gasteiger partial charge in [0.25, 0.3) is 5.91 Å². The molecule has 182 valence electrons. The number of carbonyl (C=O) groups excluding carboxylic acids is 3. The molecule has 1 aromatic heterocycles. The Labute approximate surface area is 206 Å². The lowest BCUT2D eigenvalue weighted by molar-refractivity contribution is -0.123. The molecule has 0 saturated heterocycles. The molecule has 0 fully saturated rings. The van der Waals surface area contributed by atoms with Gasteiger partial charge in [0.2, 0.25) is 5.91 Å². The summed E-state index contributed by atoms with van der Waals surface area (Å²) >= 11 is 0. The second-order valence-corrected chi connectivity index (χ2v) is 8.23. The first-order valence-corrected chi connectivity index (χ1v) is 11.3. The largest absolute Gasteiger partial charge is 0.455 e. The molecule has 8 heteroatoms. The van der Waals surface area contributed by atoms with Crippen molar-refractivity contribution < 1.29 is 23.5 Å². The smallest absolute Gasteiger partial charge is 0.342 e. The number of amides is 2. The molecule has 36 heavy (non-hydrogen) atoms. The van der Waals surface area contributed by atoms with E-state index in [0.29, 0.717) is 28.3 Å². The van der Waals surface area contributed by atoms with E-state index < -0.39 is 18.0 Å². The Morgan fingerprint density at radius 2 is 1.50 bits per heavy atom. The van der Waals surface area contributed by atoms with Gasteiger partial charge in [-0.2, -0.15) is 0 Å². The summed E-state index contributed by atoms with van der Waals surface area (Å²) in [6, 6.07) is 20.3. The molecule has 0 radical (unpaired) electrons. The minimum atomic E-state index is -1.13. The highest BCUT2D eigenvalue weighted by Crippen LogP contribution is 2.27. The van der Waals surface area contributed by atoms with Crippen LogP contribution in [0.25, 0.3) is 22.3 Å². The minimum absolute atomic E-state index is 0.0427. The summed E-state index contributed by atoms with van der Waals surface area (Å²) in [5.41, 5.74) is 2.07. The predicted molar refractivity (Wildman–Crippen MR) is 137 cm³/mol. The molecule has 0 spiro atoms. The van der Waals surface area contributed by atoms with Crippen LogP contribution in [-0.2, 0) is 14.3 Å². The maximum Gasteiger partial charge on any atom is 0.342 e. The molecule has 0 bridgehead atoms. The maximum absolute atomic E-state index is 13.0. The number of fused-ring (bicyclic) bond motifs is 1. The average molecular weight is 485 g/mol. The highest BCUT2D eigenvalue weighted by Gasteiger charge is 2.23. The Hall–Kier alpha value is -4.72. The van der Waals surface area contributed by atoms with E-state index in [1.54, 1.807) is 43.3 Å². The monoisotopic (exact) mass is 484 g/mol. The summed E-state index contributed by atoms with van der Waals surface area (Å²) in [4.78, 5) is 49.8. The molecule has 1 heterocycles. The lowest BCUT2D eigenvalue weighted by Gasteiger charge is -2.15. The van der Waals surface area contributed by atoms with Crippen molar-refractivity contribution in [3.05, 3.63) is 94.1 Å². The number of nitrogens with one attached hydrogen (secondary N) is 2. The Kier molecular flexibility index (Phi) is 6.96. The van der Waals surface area contributed by atoms with E-state index in [4.69, 9.17) is 9.15 Å². The highest BCUT2D eigenvalue weighted by molar-refractivity contribution is 6.04. The summed E-state index contributed by atoms with van der Waals surface area (Å²) in [7, 11) is 0. The van der Waals surface area contributed by atoms with Crippen molar-refractivity contribution in [1.82, 2.24) is 0 Å². The topological polar surface area (TPSA) is 115 Å². The van der Waals surface area contributed by atoms with Crippen LogP contribution >= 0.6 is 0 Å². The highest BCUT2D eigenvalue weighted by atomic mass is 16.5. The fourth-order valence-electron chi connectivity index (χ4n) is 3.70. The van der Waals surface area contributed by atoms with Crippen LogP contribution in [0.1, 0.15) is 29.8 Å². The first-order valence-electron chi connectivity index (χ1n) is 11.3. The summed E-state index contributed by atoms with van der Waals surface area (Å²) in [6.07, 6.45) is -1.13. The molecule has 8 nitrogen and oxygen atoms in total. The Morgan fingerprint density at radius 3 is 2.14 bits per heavy atom. The minimum Gasteiger partial charge on any atom is -0.455 e. The molecule has 0 saturated carbocycles. The average Bonchev–Trinajstić information content (AvgIpc) is 2.87. The Bertz CT molecular complexity index is 1510. The lowest BCUT2D eigenvalue weighted by atomic mass is 10.0. The van der Waals surface area contributed by atoms with Crippen molar-refractivity contribution in [3.8, 4) is 11.3 Å². The number of hydrogen-bond donors (Lipinski definition) is 2. The molecule has 0 aliphatic carbocycles. The fraction of sp³-hybridized carbons (Fsp3) is 0.143. The standard InChI is InChI=1S/C28H24N2O6/c1-16-24(32)22-10-7-11-23(26(22)36-25(16)19-8-5-4-6-9-19)28(34)35-17(2)27(33)30-21-14-12-20(13-15-21)29-18(3)31/h4-15,17H,1-3H3,(H,29,31)(H,30,33). The molecule has 0 aliphatic heterocycles. The zero-order chi connectivity index (χ0) is 25.8. The number of benzene rings is 3. The van der Waals surface area contributed by atoms with Crippen LogP contribution in [0.15, 0.2) is 82.0 Å². The van der Waals surface area contributed by atoms with Crippen LogP contribution in [0.4, 0.5) is 11.4 Å². The van der Waals surface area contributed by atoms with Gasteiger partial charge in [-0.25, -0.2) is 4.79 Å². The summed E-state index contributed by atoms with van der Waals surface area (Å²) < 4.78 is 11.5. The van der Waals surface area contributed by atoms with E-state index >= 15 is 0 Å². The molecule has 2 amide bonds. The summed E-state index contributed by atoms with van der Waals surface area (Å²) in [5.74, 6) is -1.18. The number of para-hydroxylation sites is 1. The predicted octanol–water partition coefficient (Wildman–Crippen LogP) is 4.91. The number of hydrogen-bond acceptors (Lipinski definition) is 6. The SMILES string of the molecule is CC(=O)Nc1ccc(NC(=O)C(C)OC(=O)c2cccc3c(=O)c(C)c(-c4ccccc4)oc23)cc1. The van der Waals surface area contributed by atoms with Gasteiger partial charge < -0.3 is 19.8 Å². The van der Waals surface area contributed by atoms with E-state index in [0.717, 1.165) is 0 Å². The van der Waals surface area contributed by atoms with E-state index in [1.807, 2.05) is 30.3 Å². The van der Waals surface area contributed by atoms with Crippen molar-refractivity contribution in [1.29, 1.82) is 0 Å². The van der Waals surface area contributed by atoms with Crippen LogP contribution in [0.5, 0.6) is 0 Å². The van der Waals surface area contributed by atoms with Crippen LogP contribution in [0, 0.1) is 6.92 Å². The number of anilines is 2. The normalized spacial score (nSPS) is 11.5. The number of carbonyl (C=O) groups is 3. The first kappa shape index (κ1) is 24.4. The van der Waals surface area contributed by atoms with Gasteiger partial charge in [-0.3, -0.25) is 14.4 Å². The van der Waals surface area contributed by atoms with Crippen LogP contribution < -0.4 is 16.1 Å². The van der Waals surface area contributed by atoms with Gasteiger partial charge in [0.1, 0.15) is 11.3 Å². The van der Waals surface area contributed by atoms with Gasteiger partial charge in [0.15, 0.2) is 17.1 Å². The second-order valence-electron chi connectivity index (χ2n) is 8.23. The number of ether oxygens (including phenoxy) is 1. The lowest BCUT2D eigenvalue weighted by Crippen LogP contribution is -2.30. The zero-order valence-electron chi connectivity index (χ0n) is 20.0. The molecular formula is C28H24N2O6. The van der Waals surface area contributed by atoms with Gasteiger partial charge in [0.05, 0.1) is 5.39 Å². The molecule has 1 unspecified atom stereocenters. The van der Waals surface area contributed by atoms with E-state index in [9.17, 15) is 19.2 Å². The third kappa shape index (κ3) is 5.17. The fourth-order valence-corrected chi connectivity index (χ4v) is 3.70. The molecule has 4 rings (SSSR count). The Morgan fingerprint density at radius 1 is 0.861 bits per heavy atom. The molecule has 3 aromatic carbocycles. The van der Waals surface area contributed by atoms with E-state index in [-0.39, 0.29) is 27.9 Å². The van der Waals surface area contributed by atoms with Gasteiger partial charge in [0, 0.05) is 29.4 Å². The van der Waals surface area contributed by atoms with Crippen LogP contribution in [0.3, 0.4) is 0 Å². The third-order valence-corrected chi connectivity index (χ3v) is 5.53. The molecular weight excluding hydrogens is 460 g/mol. The van der Waals surface area contributed by atoms with Gasteiger partial charge in [-0.15, -0.1) is 0 Å². The number of esters is 1. The van der Waals surface area contributed by atoms with Crippen molar-refractivity contribution in [2.24, 2.45) is 0 Å². The van der Waals surface area contributed by atoms with Crippen molar-refractivity contribution in [2.75, 3.05) is 10.6 Å². The molecule has 0 aliphatic rings. The zero-order valence-corrected chi connectivity index (χ0v) is 20.0. The van der Waals surface area contributed by atoms with Crippen molar-refractivity contribution >= 4 is 40.1 Å². The summed E-state index contributed by atoms with van der Waals surface area (Å²) in [6.45, 7) is 4.52. The van der Waals surface area contributed by atoms with Crippen molar-refractivity contribution in [3.63, 3.8) is 0 Å². The van der Waals surface area contributed by atoms with Gasteiger partial charge >= 0.3 is 5.97 Å². The number of rotatable bonds is 6. The molecule has 1 atom stereocenters. The van der Waals surface area contributed by atoms with E-state index in [2.05, 4.69) is 10.6 Å². The summed E-state index contributed by atoms with van der Waals surface area (Å²) in [5, 5.41) is 5.55. The maximum atomic E-state index is 13.0. The van der Waals surface area contributed by atoms with Crippen LogP contribution in [0.2, 0.25) is 0 Å². The molecule has 2 N–H and O–H groups in total. The van der Waals surface area contributed by atoms with Gasteiger partial charge in [-0.05, 0) is 50.2 Å². The van der Waals surface area contributed by atoms with Gasteiger partial charge in [-0.1, -0.05) is 36.4 Å².